The highest BCUT2D eigenvalue weighted by atomic mass is 32.1. The van der Waals surface area contributed by atoms with Crippen molar-refractivity contribution in [3.05, 3.63) is 188 Å². The summed E-state index contributed by atoms with van der Waals surface area (Å²) in [4.78, 5) is 11.5. The Morgan fingerprint density at radius 1 is 0.404 bits per heavy atom. The SMILES string of the molecule is c1ccc(-c2ccc(-c3cc(-c4cccc(-n5c6ccccc6c6c7sc(-c8ccccc8)cc7ccc65)c4)nc(-c4ccccc4)n3)cc2)cc1. The van der Waals surface area contributed by atoms with E-state index in [1.54, 1.807) is 0 Å². The van der Waals surface area contributed by atoms with E-state index in [4.69, 9.17) is 9.97 Å². The Kier molecular flexibility index (Phi) is 7.33. The highest BCUT2D eigenvalue weighted by Gasteiger charge is 2.18. The first-order chi connectivity index (χ1) is 25.8. The van der Waals surface area contributed by atoms with E-state index in [1.807, 2.05) is 35.6 Å². The standard InChI is InChI=1S/C48H31N3S/c1-4-13-32(14-5-1)33-23-25-34(26-24-33)41-31-42(50-48(49-41)36-17-8-3-9-18-36)37-19-12-20-39(29-37)51-43-22-11-10-21-40(43)46-44(51)28-27-38-30-45(52-47(38)46)35-15-6-2-7-16-35/h1-31H. The minimum absolute atomic E-state index is 0.705. The zero-order chi connectivity index (χ0) is 34.4. The van der Waals surface area contributed by atoms with Gasteiger partial charge in [0, 0.05) is 42.7 Å². The predicted octanol–water partition coefficient (Wildman–Crippen LogP) is 13.1. The molecule has 0 saturated carbocycles. The van der Waals surface area contributed by atoms with Crippen LogP contribution in [-0.2, 0) is 0 Å². The molecule has 10 aromatic rings. The fraction of sp³-hybridized carbons (Fsp3) is 0. The van der Waals surface area contributed by atoms with Gasteiger partial charge in [0.1, 0.15) is 0 Å². The Morgan fingerprint density at radius 2 is 1.00 bits per heavy atom. The zero-order valence-electron chi connectivity index (χ0n) is 28.1. The minimum atomic E-state index is 0.705. The summed E-state index contributed by atoms with van der Waals surface area (Å²) in [5, 5.41) is 3.82. The third-order valence-electron chi connectivity index (χ3n) is 9.82. The van der Waals surface area contributed by atoms with Crippen molar-refractivity contribution in [2.75, 3.05) is 0 Å². The third kappa shape index (κ3) is 5.29. The fourth-order valence-corrected chi connectivity index (χ4v) is 8.52. The van der Waals surface area contributed by atoms with Crippen molar-refractivity contribution in [1.29, 1.82) is 0 Å². The molecule has 0 N–H and O–H groups in total. The second kappa shape index (κ2) is 12.6. The molecule has 4 heteroatoms. The van der Waals surface area contributed by atoms with Crippen LogP contribution in [-0.4, -0.2) is 14.5 Å². The van der Waals surface area contributed by atoms with Gasteiger partial charge in [0.15, 0.2) is 5.82 Å². The molecule has 7 aromatic carbocycles. The third-order valence-corrected chi connectivity index (χ3v) is 11.0. The molecular formula is C48H31N3S. The average molecular weight is 682 g/mol. The number of benzene rings is 7. The largest absolute Gasteiger partial charge is 0.309 e. The van der Waals surface area contributed by atoms with Gasteiger partial charge in [0.25, 0.3) is 0 Å². The lowest BCUT2D eigenvalue weighted by atomic mass is 10.0. The molecule has 0 atom stereocenters. The maximum atomic E-state index is 5.17. The summed E-state index contributed by atoms with van der Waals surface area (Å²) >= 11 is 1.87. The first kappa shape index (κ1) is 30.2. The molecule has 0 saturated heterocycles. The molecule has 0 fully saturated rings. The van der Waals surface area contributed by atoms with Gasteiger partial charge in [-0.2, -0.15) is 0 Å². The van der Waals surface area contributed by atoms with Crippen LogP contribution in [0.15, 0.2) is 188 Å². The van der Waals surface area contributed by atoms with Crippen molar-refractivity contribution < 1.29 is 0 Å². The van der Waals surface area contributed by atoms with Crippen LogP contribution < -0.4 is 0 Å². The van der Waals surface area contributed by atoms with Crippen LogP contribution in [0, 0.1) is 0 Å². The number of hydrogen-bond acceptors (Lipinski definition) is 3. The molecule has 0 bridgehead atoms. The van der Waals surface area contributed by atoms with Crippen LogP contribution in [0.4, 0.5) is 0 Å². The van der Waals surface area contributed by atoms with Crippen molar-refractivity contribution >= 4 is 43.2 Å². The Balaban J connectivity index is 1.12. The molecule has 52 heavy (non-hydrogen) atoms. The van der Waals surface area contributed by atoms with E-state index < -0.39 is 0 Å². The summed E-state index contributed by atoms with van der Waals surface area (Å²) in [6.45, 7) is 0. The molecule has 244 valence electrons. The number of rotatable bonds is 6. The van der Waals surface area contributed by atoms with Crippen LogP contribution >= 0.6 is 11.3 Å². The summed E-state index contributed by atoms with van der Waals surface area (Å²) in [5.74, 6) is 0.705. The monoisotopic (exact) mass is 681 g/mol. The number of thiophene rings is 1. The molecule has 0 aliphatic heterocycles. The number of aromatic nitrogens is 3. The summed E-state index contributed by atoms with van der Waals surface area (Å²) in [6.07, 6.45) is 0. The smallest absolute Gasteiger partial charge is 0.160 e. The summed E-state index contributed by atoms with van der Waals surface area (Å²) < 4.78 is 3.71. The molecular weight excluding hydrogens is 651 g/mol. The summed E-state index contributed by atoms with van der Waals surface area (Å²) in [7, 11) is 0. The van der Waals surface area contributed by atoms with E-state index in [0.29, 0.717) is 5.82 Å². The Labute approximate surface area is 305 Å². The van der Waals surface area contributed by atoms with Crippen LogP contribution in [0.5, 0.6) is 0 Å². The topological polar surface area (TPSA) is 30.7 Å². The maximum Gasteiger partial charge on any atom is 0.160 e. The van der Waals surface area contributed by atoms with E-state index in [9.17, 15) is 0 Å². The van der Waals surface area contributed by atoms with E-state index in [1.165, 1.54) is 53.5 Å². The van der Waals surface area contributed by atoms with Gasteiger partial charge in [0.2, 0.25) is 0 Å². The molecule has 3 nitrogen and oxygen atoms in total. The molecule has 0 radical (unpaired) electrons. The van der Waals surface area contributed by atoms with Crippen LogP contribution in [0.25, 0.3) is 93.0 Å². The molecule has 0 amide bonds. The van der Waals surface area contributed by atoms with Crippen LogP contribution in [0.1, 0.15) is 0 Å². The lowest BCUT2D eigenvalue weighted by Gasteiger charge is -2.12. The lowest BCUT2D eigenvalue weighted by Crippen LogP contribution is -1.98. The second-order valence-electron chi connectivity index (χ2n) is 13.0. The molecule has 0 aliphatic rings. The Morgan fingerprint density at radius 3 is 1.75 bits per heavy atom. The van der Waals surface area contributed by atoms with E-state index in [2.05, 4.69) is 168 Å². The molecule has 0 spiro atoms. The van der Waals surface area contributed by atoms with E-state index >= 15 is 0 Å². The number of fused-ring (bicyclic) bond motifs is 5. The normalized spacial score (nSPS) is 11.5. The van der Waals surface area contributed by atoms with Gasteiger partial charge in [-0.1, -0.05) is 152 Å². The van der Waals surface area contributed by atoms with Crippen molar-refractivity contribution in [3.8, 4) is 61.2 Å². The first-order valence-corrected chi connectivity index (χ1v) is 18.3. The zero-order valence-corrected chi connectivity index (χ0v) is 29.0. The van der Waals surface area contributed by atoms with E-state index in [0.717, 1.165) is 33.8 Å². The quantitative estimate of drug-likeness (QED) is 0.175. The highest BCUT2D eigenvalue weighted by molar-refractivity contribution is 7.23. The number of nitrogens with zero attached hydrogens (tertiary/aromatic N) is 3. The Bertz CT molecular complexity index is 2870. The van der Waals surface area contributed by atoms with Crippen molar-refractivity contribution in [1.82, 2.24) is 14.5 Å². The highest BCUT2D eigenvalue weighted by Crippen LogP contribution is 2.43. The minimum Gasteiger partial charge on any atom is -0.309 e. The van der Waals surface area contributed by atoms with Gasteiger partial charge >= 0.3 is 0 Å². The molecule has 3 heterocycles. The molecule has 3 aromatic heterocycles. The molecule has 10 rings (SSSR count). The van der Waals surface area contributed by atoms with Gasteiger partial charge in [-0.15, -0.1) is 11.3 Å². The van der Waals surface area contributed by atoms with Gasteiger partial charge in [-0.25, -0.2) is 9.97 Å². The first-order valence-electron chi connectivity index (χ1n) is 17.5. The summed E-state index contributed by atoms with van der Waals surface area (Å²) in [6, 6.07) is 66.6. The number of para-hydroxylation sites is 1. The van der Waals surface area contributed by atoms with Crippen molar-refractivity contribution in [2.45, 2.75) is 0 Å². The number of hydrogen-bond donors (Lipinski definition) is 0. The predicted molar refractivity (Wildman–Crippen MR) is 219 cm³/mol. The average Bonchev–Trinajstić information content (AvgIpc) is 3.82. The lowest BCUT2D eigenvalue weighted by molar-refractivity contribution is 1.16. The Hall–Kier alpha value is -6.62. The van der Waals surface area contributed by atoms with Gasteiger partial charge < -0.3 is 4.57 Å². The maximum absolute atomic E-state index is 5.17. The van der Waals surface area contributed by atoms with Crippen LogP contribution in [0.3, 0.4) is 0 Å². The fourth-order valence-electron chi connectivity index (χ4n) is 7.30. The molecule has 0 unspecified atom stereocenters. The second-order valence-corrected chi connectivity index (χ2v) is 14.1. The van der Waals surface area contributed by atoms with Crippen molar-refractivity contribution in [3.63, 3.8) is 0 Å². The van der Waals surface area contributed by atoms with Crippen molar-refractivity contribution in [2.24, 2.45) is 0 Å². The van der Waals surface area contributed by atoms with Gasteiger partial charge in [-0.3, -0.25) is 0 Å². The van der Waals surface area contributed by atoms with Gasteiger partial charge in [0.05, 0.1) is 22.4 Å². The van der Waals surface area contributed by atoms with Crippen LogP contribution in [0.2, 0.25) is 0 Å². The summed E-state index contributed by atoms with van der Waals surface area (Å²) in [5.41, 5.74) is 11.9. The molecule has 0 aliphatic carbocycles. The van der Waals surface area contributed by atoms with Gasteiger partial charge in [-0.05, 0) is 58.5 Å². The van der Waals surface area contributed by atoms with E-state index in [-0.39, 0.29) is 0 Å².